The summed E-state index contributed by atoms with van der Waals surface area (Å²) in [4.78, 5) is 0. The van der Waals surface area contributed by atoms with Crippen molar-refractivity contribution < 1.29 is 4.43 Å². The van der Waals surface area contributed by atoms with E-state index in [1.165, 1.54) is 31.3 Å². The average Bonchev–Trinajstić information content (AvgIpc) is 2.27. The van der Waals surface area contributed by atoms with E-state index in [9.17, 15) is 0 Å². The molecule has 19 heavy (non-hydrogen) atoms. The molecule has 2 heteroatoms. The first-order chi connectivity index (χ1) is 8.69. The van der Waals surface area contributed by atoms with Crippen molar-refractivity contribution in [2.24, 2.45) is 23.7 Å². The van der Waals surface area contributed by atoms with Crippen LogP contribution in [0.4, 0.5) is 0 Å². The van der Waals surface area contributed by atoms with E-state index >= 15 is 0 Å². The maximum Gasteiger partial charge on any atom is 0.192 e. The molecule has 4 aliphatic carbocycles. The Morgan fingerprint density at radius 2 is 1.79 bits per heavy atom. The Kier molecular flexibility index (Phi) is 3.07. The molecule has 0 aromatic heterocycles. The SMILES string of the molecule is C=C1[C@@H]2C[C@H]3C[C@@H](C2)[C@@H](O[Si](C)(C)C(C)(C)C)[C@@H]1C3. The Balaban J connectivity index is 1.81. The van der Waals surface area contributed by atoms with Gasteiger partial charge in [-0.3, -0.25) is 0 Å². The molecule has 0 radical (unpaired) electrons. The van der Waals surface area contributed by atoms with Crippen molar-refractivity contribution in [2.75, 3.05) is 0 Å². The fourth-order valence-electron chi connectivity index (χ4n) is 4.43. The summed E-state index contributed by atoms with van der Waals surface area (Å²) in [6, 6.07) is 0. The summed E-state index contributed by atoms with van der Waals surface area (Å²) in [5.41, 5.74) is 1.54. The first kappa shape index (κ1) is 13.9. The van der Waals surface area contributed by atoms with Crippen molar-refractivity contribution in [3.05, 3.63) is 12.2 Å². The lowest BCUT2D eigenvalue weighted by Crippen LogP contribution is -2.55. The topological polar surface area (TPSA) is 9.23 Å². The third-order valence-corrected chi connectivity index (χ3v) is 11.0. The summed E-state index contributed by atoms with van der Waals surface area (Å²) in [5, 5.41) is 0.322. The molecule has 0 unspecified atom stereocenters. The van der Waals surface area contributed by atoms with Gasteiger partial charge in [0.05, 0.1) is 6.10 Å². The molecule has 0 saturated heterocycles. The molecule has 4 rings (SSSR count). The van der Waals surface area contributed by atoms with E-state index in [-0.39, 0.29) is 0 Å². The fraction of sp³-hybridized carbons (Fsp3) is 0.882. The fourth-order valence-corrected chi connectivity index (χ4v) is 5.82. The second kappa shape index (κ2) is 4.21. The van der Waals surface area contributed by atoms with Crippen LogP contribution < -0.4 is 0 Å². The first-order valence-corrected chi connectivity index (χ1v) is 11.0. The molecule has 4 fully saturated rings. The van der Waals surface area contributed by atoms with Crippen LogP contribution >= 0.6 is 0 Å². The van der Waals surface area contributed by atoms with Gasteiger partial charge in [-0.05, 0) is 61.6 Å². The summed E-state index contributed by atoms with van der Waals surface area (Å²) >= 11 is 0. The largest absolute Gasteiger partial charge is 0.413 e. The van der Waals surface area contributed by atoms with Crippen LogP contribution in [0.15, 0.2) is 12.2 Å². The van der Waals surface area contributed by atoms with Crippen LogP contribution in [0.5, 0.6) is 0 Å². The van der Waals surface area contributed by atoms with Crippen molar-refractivity contribution in [3.63, 3.8) is 0 Å². The molecule has 0 heterocycles. The Hall–Kier alpha value is -0.0831. The van der Waals surface area contributed by atoms with Gasteiger partial charge in [-0.1, -0.05) is 32.9 Å². The highest BCUT2D eigenvalue weighted by molar-refractivity contribution is 6.74. The molecule has 5 atom stereocenters. The molecule has 0 spiro atoms. The summed E-state index contributed by atoms with van der Waals surface area (Å²) in [7, 11) is -1.64. The Morgan fingerprint density at radius 1 is 1.11 bits per heavy atom. The summed E-state index contributed by atoms with van der Waals surface area (Å²) < 4.78 is 6.83. The Bertz CT molecular complexity index is 393. The lowest BCUT2D eigenvalue weighted by Gasteiger charge is -2.57. The van der Waals surface area contributed by atoms with Crippen LogP contribution in [0.1, 0.15) is 46.5 Å². The van der Waals surface area contributed by atoms with Crippen LogP contribution in [0, 0.1) is 23.7 Å². The zero-order valence-corrected chi connectivity index (χ0v) is 14.3. The monoisotopic (exact) mass is 278 g/mol. The van der Waals surface area contributed by atoms with Gasteiger partial charge in [-0.2, -0.15) is 0 Å². The van der Waals surface area contributed by atoms with Crippen LogP contribution in [-0.4, -0.2) is 14.4 Å². The third kappa shape index (κ3) is 2.15. The molecule has 0 aromatic carbocycles. The van der Waals surface area contributed by atoms with Crippen molar-refractivity contribution in [1.82, 2.24) is 0 Å². The second-order valence-corrected chi connectivity index (χ2v) is 13.5. The van der Waals surface area contributed by atoms with E-state index in [4.69, 9.17) is 4.43 Å². The minimum Gasteiger partial charge on any atom is -0.413 e. The highest BCUT2D eigenvalue weighted by Crippen LogP contribution is 2.57. The van der Waals surface area contributed by atoms with E-state index in [0.29, 0.717) is 17.1 Å². The molecule has 0 amide bonds. The zero-order valence-electron chi connectivity index (χ0n) is 13.3. The average molecular weight is 279 g/mol. The molecule has 4 aliphatic rings. The molecule has 4 bridgehead atoms. The molecule has 0 aromatic rings. The van der Waals surface area contributed by atoms with Crippen molar-refractivity contribution >= 4 is 8.32 Å². The van der Waals surface area contributed by atoms with Crippen molar-refractivity contribution in [2.45, 2.75) is 70.7 Å². The van der Waals surface area contributed by atoms with Crippen molar-refractivity contribution in [3.8, 4) is 0 Å². The molecular formula is C17H30OSi. The maximum atomic E-state index is 6.83. The Labute approximate surface area is 119 Å². The molecule has 0 N–H and O–H groups in total. The van der Waals surface area contributed by atoms with E-state index in [0.717, 1.165) is 17.8 Å². The van der Waals surface area contributed by atoms with E-state index in [1.807, 2.05) is 0 Å². The van der Waals surface area contributed by atoms with Crippen molar-refractivity contribution in [1.29, 1.82) is 0 Å². The second-order valence-electron chi connectivity index (χ2n) is 8.79. The highest BCUT2D eigenvalue weighted by Gasteiger charge is 2.53. The van der Waals surface area contributed by atoms with Gasteiger partial charge in [0.1, 0.15) is 0 Å². The van der Waals surface area contributed by atoms with E-state index < -0.39 is 8.32 Å². The molecule has 0 aliphatic heterocycles. The van der Waals surface area contributed by atoms with Crippen LogP contribution in [-0.2, 0) is 4.43 Å². The standard InChI is InChI=1S/C17H30OSi/c1-11-13-7-12-8-14(10-13)16(15(11)9-12)18-19(5,6)17(2,3)4/h12-16H,1,7-10H2,2-6H3/t12-,13+,14-,15+,16+/m0/s1. The highest BCUT2D eigenvalue weighted by atomic mass is 28.4. The smallest absolute Gasteiger partial charge is 0.192 e. The van der Waals surface area contributed by atoms with E-state index in [1.54, 1.807) is 0 Å². The van der Waals surface area contributed by atoms with Gasteiger partial charge in [0.25, 0.3) is 0 Å². The molecule has 4 saturated carbocycles. The molecule has 1 nitrogen and oxygen atoms in total. The van der Waals surface area contributed by atoms with Crippen LogP contribution in [0.25, 0.3) is 0 Å². The van der Waals surface area contributed by atoms with Crippen LogP contribution in [0.3, 0.4) is 0 Å². The number of hydrogen-bond acceptors (Lipinski definition) is 1. The van der Waals surface area contributed by atoms with Gasteiger partial charge in [-0.15, -0.1) is 0 Å². The van der Waals surface area contributed by atoms with Gasteiger partial charge < -0.3 is 4.43 Å². The molecular weight excluding hydrogens is 248 g/mol. The first-order valence-electron chi connectivity index (χ1n) is 8.05. The van der Waals surface area contributed by atoms with E-state index in [2.05, 4.69) is 40.4 Å². The minimum absolute atomic E-state index is 0.322. The van der Waals surface area contributed by atoms with Gasteiger partial charge in [0.2, 0.25) is 0 Å². The van der Waals surface area contributed by atoms with Gasteiger partial charge >= 0.3 is 0 Å². The van der Waals surface area contributed by atoms with Gasteiger partial charge in [0.15, 0.2) is 8.32 Å². The Morgan fingerprint density at radius 3 is 2.42 bits per heavy atom. The third-order valence-electron chi connectivity index (χ3n) is 6.53. The lowest BCUT2D eigenvalue weighted by molar-refractivity contribution is -0.0500. The predicted molar refractivity (Wildman–Crippen MR) is 83.6 cm³/mol. The maximum absolute atomic E-state index is 6.83. The van der Waals surface area contributed by atoms with Gasteiger partial charge in [0, 0.05) is 5.92 Å². The lowest BCUT2D eigenvalue weighted by atomic mass is 9.53. The number of hydrogen-bond donors (Lipinski definition) is 0. The summed E-state index contributed by atoms with van der Waals surface area (Å²) in [6.07, 6.45) is 6.09. The minimum atomic E-state index is -1.64. The number of rotatable bonds is 2. The van der Waals surface area contributed by atoms with Gasteiger partial charge in [-0.25, -0.2) is 0 Å². The predicted octanol–water partition coefficient (Wildman–Crippen LogP) is 5.00. The zero-order chi connectivity index (χ0) is 14.0. The quantitative estimate of drug-likeness (QED) is 0.510. The summed E-state index contributed by atoms with van der Waals surface area (Å²) in [5.74, 6) is 3.34. The normalized spacial score (nSPS) is 41.9. The summed E-state index contributed by atoms with van der Waals surface area (Å²) in [6.45, 7) is 16.3. The molecule has 108 valence electrons. The van der Waals surface area contributed by atoms with Crippen LogP contribution in [0.2, 0.25) is 18.1 Å².